The van der Waals surface area contributed by atoms with Crippen molar-refractivity contribution in [2.75, 3.05) is 20.0 Å². The Labute approximate surface area is 107 Å². The summed E-state index contributed by atoms with van der Waals surface area (Å²) in [7, 11) is 2.47. The van der Waals surface area contributed by atoms with E-state index >= 15 is 0 Å². The van der Waals surface area contributed by atoms with E-state index in [1.807, 2.05) is 0 Å². The fourth-order valence-corrected chi connectivity index (χ4v) is 2.09. The molecule has 1 heterocycles. The van der Waals surface area contributed by atoms with Crippen molar-refractivity contribution in [3.8, 4) is 0 Å². The van der Waals surface area contributed by atoms with Crippen molar-refractivity contribution in [3.63, 3.8) is 0 Å². The monoisotopic (exact) mass is 272 g/mol. The summed E-state index contributed by atoms with van der Waals surface area (Å²) in [6, 6.07) is 0. The Balaban J connectivity index is 3.11. The van der Waals surface area contributed by atoms with Crippen LogP contribution in [0.25, 0.3) is 0 Å². The zero-order valence-corrected chi connectivity index (χ0v) is 10.9. The van der Waals surface area contributed by atoms with Gasteiger partial charge in [-0.25, -0.2) is 9.59 Å². The van der Waals surface area contributed by atoms with Crippen LogP contribution in [-0.2, 0) is 14.3 Å². The van der Waals surface area contributed by atoms with Gasteiger partial charge >= 0.3 is 17.6 Å². The number of thioether (sulfide) groups is 1. The van der Waals surface area contributed by atoms with Crippen molar-refractivity contribution in [1.82, 2.24) is 9.97 Å². The van der Waals surface area contributed by atoms with Gasteiger partial charge in [-0.05, 0) is 6.92 Å². The summed E-state index contributed by atoms with van der Waals surface area (Å²) >= 11 is 0.945. The highest BCUT2D eigenvalue weighted by molar-refractivity contribution is 8.00. The molecule has 0 aromatic carbocycles. The normalized spacial score (nSPS) is 9.94. The molecule has 0 aliphatic carbocycles. The van der Waals surface area contributed by atoms with E-state index in [-0.39, 0.29) is 16.3 Å². The molecular weight excluding hydrogens is 260 g/mol. The SMILES string of the molecule is COC(=O)CSc1nc(=O)[nH]c(C)c1C(=O)OC. The molecule has 1 aromatic rings. The van der Waals surface area contributed by atoms with Crippen molar-refractivity contribution in [3.05, 3.63) is 21.7 Å². The molecule has 98 valence electrons. The summed E-state index contributed by atoms with van der Waals surface area (Å²) in [6.07, 6.45) is 0. The number of aromatic amines is 1. The van der Waals surface area contributed by atoms with E-state index in [4.69, 9.17) is 0 Å². The molecule has 0 bridgehead atoms. The number of esters is 2. The van der Waals surface area contributed by atoms with Gasteiger partial charge in [0, 0.05) is 5.69 Å². The second-order valence-electron chi connectivity index (χ2n) is 3.20. The van der Waals surface area contributed by atoms with Crippen molar-refractivity contribution >= 4 is 23.7 Å². The third kappa shape index (κ3) is 3.33. The van der Waals surface area contributed by atoms with Crippen molar-refractivity contribution < 1.29 is 19.1 Å². The first kappa shape index (κ1) is 14.2. The molecule has 0 saturated heterocycles. The highest BCUT2D eigenvalue weighted by atomic mass is 32.2. The van der Waals surface area contributed by atoms with Gasteiger partial charge in [-0.1, -0.05) is 11.8 Å². The number of H-pyrrole nitrogens is 1. The van der Waals surface area contributed by atoms with Gasteiger partial charge in [0.15, 0.2) is 0 Å². The van der Waals surface area contributed by atoms with Crippen LogP contribution in [0.1, 0.15) is 16.1 Å². The second-order valence-corrected chi connectivity index (χ2v) is 4.17. The molecule has 0 aliphatic rings. The lowest BCUT2D eigenvalue weighted by atomic mass is 10.2. The van der Waals surface area contributed by atoms with Crippen LogP contribution in [0.5, 0.6) is 0 Å². The molecule has 1 aromatic heterocycles. The summed E-state index contributed by atoms with van der Waals surface area (Å²) in [5.74, 6) is -1.14. The number of carbonyl (C=O) groups excluding carboxylic acids is 2. The summed E-state index contributed by atoms with van der Waals surface area (Å²) < 4.78 is 9.07. The molecule has 1 N–H and O–H groups in total. The number of methoxy groups -OCH3 is 2. The number of nitrogens with zero attached hydrogens (tertiary/aromatic N) is 1. The minimum Gasteiger partial charge on any atom is -0.468 e. The number of rotatable bonds is 4. The lowest BCUT2D eigenvalue weighted by Gasteiger charge is -2.08. The zero-order valence-electron chi connectivity index (χ0n) is 10.1. The average molecular weight is 272 g/mol. The number of aryl methyl sites for hydroxylation is 1. The first-order valence-electron chi connectivity index (χ1n) is 4.88. The first-order chi connectivity index (χ1) is 8.49. The lowest BCUT2D eigenvalue weighted by Crippen LogP contribution is -2.19. The average Bonchev–Trinajstić information content (AvgIpc) is 2.34. The molecule has 18 heavy (non-hydrogen) atoms. The topological polar surface area (TPSA) is 98.4 Å². The van der Waals surface area contributed by atoms with Crippen LogP contribution in [0.3, 0.4) is 0 Å². The van der Waals surface area contributed by atoms with E-state index in [1.165, 1.54) is 14.2 Å². The van der Waals surface area contributed by atoms with Crippen LogP contribution < -0.4 is 5.69 Å². The number of carbonyl (C=O) groups is 2. The first-order valence-corrected chi connectivity index (χ1v) is 5.87. The van der Waals surface area contributed by atoms with Crippen LogP contribution in [0, 0.1) is 6.92 Å². The highest BCUT2D eigenvalue weighted by Crippen LogP contribution is 2.21. The van der Waals surface area contributed by atoms with Crippen molar-refractivity contribution in [2.24, 2.45) is 0 Å². The molecule has 8 heteroatoms. The van der Waals surface area contributed by atoms with Crippen LogP contribution in [-0.4, -0.2) is 41.9 Å². The van der Waals surface area contributed by atoms with Crippen molar-refractivity contribution in [2.45, 2.75) is 11.9 Å². The molecule has 0 saturated carbocycles. The highest BCUT2D eigenvalue weighted by Gasteiger charge is 2.19. The van der Waals surface area contributed by atoms with E-state index in [0.29, 0.717) is 5.69 Å². The molecule has 0 unspecified atom stereocenters. The standard InChI is InChI=1S/C10H12N2O5S/c1-5-7(9(14)17-3)8(12-10(15)11-5)18-4-6(13)16-2/h4H2,1-3H3,(H,11,12,15). The fraction of sp³-hybridized carbons (Fsp3) is 0.400. The Morgan fingerprint density at radius 2 is 2.00 bits per heavy atom. The van der Waals surface area contributed by atoms with Gasteiger partial charge in [0.2, 0.25) is 0 Å². The summed E-state index contributed by atoms with van der Waals surface area (Å²) in [4.78, 5) is 39.9. The number of nitrogens with one attached hydrogen (secondary N) is 1. The quantitative estimate of drug-likeness (QED) is 0.472. The fourth-order valence-electron chi connectivity index (χ4n) is 1.19. The Kier molecular flexibility index (Phi) is 4.90. The predicted molar refractivity (Wildman–Crippen MR) is 63.7 cm³/mol. The van der Waals surface area contributed by atoms with E-state index < -0.39 is 17.6 Å². The number of aromatic nitrogens is 2. The molecule has 0 fully saturated rings. The smallest absolute Gasteiger partial charge is 0.346 e. The van der Waals surface area contributed by atoms with Gasteiger partial charge in [-0.2, -0.15) is 4.98 Å². The van der Waals surface area contributed by atoms with E-state index in [2.05, 4.69) is 19.4 Å². The van der Waals surface area contributed by atoms with Crippen molar-refractivity contribution in [1.29, 1.82) is 0 Å². The van der Waals surface area contributed by atoms with Gasteiger partial charge < -0.3 is 14.5 Å². The Hall–Kier alpha value is -1.83. The molecule has 1 rings (SSSR count). The van der Waals surface area contributed by atoms with Gasteiger partial charge in [0.1, 0.15) is 10.6 Å². The summed E-state index contributed by atoms with van der Waals surface area (Å²) in [5, 5.41) is 0.147. The summed E-state index contributed by atoms with van der Waals surface area (Å²) in [5.41, 5.74) is -0.104. The van der Waals surface area contributed by atoms with Crippen LogP contribution in [0.2, 0.25) is 0 Å². The maximum absolute atomic E-state index is 11.6. The molecule has 0 spiro atoms. The third-order valence-corrected chi connectivity index (χ3v) is 2.98. The molecule has 0 atom stereocenters. The Morgan fingerprint density at radius 3 is 2.56 bits per heavy atom. The molecule has 0 amide bonds. The van der Waals surface area contributed by atoms with E-state index in [9.17, 15) is 14.4 Å². The van der Waals surface area contributed by atoms with Gasteiger partial charge in [0.25, 0.3) is 0 Å². The number of ether oxygens (including phenoxy) is 2. The van der Waals surface area contributed by atoms with Gasteiger partial charge in [-0.3, -0.25) is 4.79 Å². The number of hydrogen-bond donors (Lipinski definition) is 1. The predicted octanol–water partition coefficient (Wildman–Crippen LogP) is 0.130. The molecule has 7 nitrogen and oxygen atoms in total. The summed E-state index contributed by atoms with van der Waals surface area (Å²) in [6.45, 7) is 1.55. The molecular formula is C10H12N2O5S. The van der Waals surface area contributed by atoms with E-state index in [0.717, 1.165) is 11.8 Å². The van der Waals surface area contributed by atoms with Crippen LogP contribution in [0.15, 0.2) is 9.82 Å². The molecule has 0 aliphatic heterocycles. The zero-order chi connectivity index (χ0) is 13.7. The Morgan fingerprint density at radius 1 is 1.33 bits per heavy atom. The Bertz CT molecular complexity index is 525. The van der Waals surface area contributed by atoms with Gasteiger partial charge in [0.05, 0.1) is 20.0 Å². The second kappa shape index (κ2) is 6.20. The minimum absolute atomic E-state index is 0.0453. The van der Waals surface area contributed by atoms with E-state index in [1.54, 1.807) is 6.92 Å². The third-order valence-electron chi connectivity index (χ3n) is 2.03. The molecule has 0 radical (unpaired) electrons. The van der Waals surface area contributed by atoms with Crippen LogP contribution in [0.4, 0.5) is 0 Å². The largest absolute Gasteiger partial charge is 0.468 e. The minimum atomic E-state index is -0.622. The number of hydrogen-bond acceptors (Lipinski definition) is 7. The maximum atomic E-state index is 11.6. The van der Waals surface area contributed by atoms with Gasteiger partial charge in [-0.15, -0.1) is 0 Å². The van der Waals surface area contributed by atoms with Crippen LogP contribution >= 0.6 is 11.8 Å². The lowest BCUT2D eigenvalue weighted by molar-refractivity contribution is -0.137. The maximum Gasteiger partial charge on any atom is 0.346 e.